The van der Waals surface area contributed by atoms with Crippen LogP contribution in [-0.4, -0.2) is 11.9 Å². The quantitative estimate of drug-likeness (QED) is 0.698. The van der Waals surface area contributed by atoms with E-state index in [1.165, 1.54) is 0 Å². The zero-order valence-electron chi connectivity index (χ0n) is 10.7. The van der Waals surface area contributed by atoms with Crippen LogP contribution < -0.4 is 10.2 Å². The first-order valence-corrected chi connectivity index (χ1v) is 6.78. The average molecular weight is 250 g/mol. The van der Waals surface area contributed by atoms with E-state index in [1.54, 1.807) is 0 Å². The molecule has 0 N–H and O–H groups in total. The zero-order valence-corrected chi connectivity index (χ0v) is 10.7. The zero-order chi connectivity index (χ0) is 13.2. The van der Waals surface area contributed by atoms with E-state index in [9.17, 15) is 19.8 Å². The van der Waals surface area contributed by atoms with Crippen molar-refractivity contribution in [2.45, 2.75) is 51.9 Å². The van der Waals surface area contributed by atoms with Gasteiger partial charge in [0.05, 0.1) is 0 Å². The van der Waals surface area contributed by atoms with E-state index < -0.39 is 22.8 Å². The molecule has 0 aliphatic heterocycles. The van der Waals surface area contributed by atoms with Crippen molar-refractivity contribution >= 4 is 11.9 Å². The first-order valence-electron chi connectivity index (χ1n) is 6.78. The smallest absolute Gasteiger partial charge is 0.0476 e. The van der Waals surface area contributed by atoms with Crippen LogP contribution in [-0.2, 0) is 9.59 Å². The lowest BCUT2D eigenvalue weighted by Gasteiger charge is -2.67. The second kappa shape index (κ2) is 3.28. The lowest BCUT2D eigenvalue weighted by atomic mass is 9.39. The Kier molecular flexibility index (Phi) is 2.19. The van der Waals surface area contributed by atoms with Crippen LogP contribution in [0.25, 0.3) is 0 Å². The summed E-state index contributed by atoms with van der Waals surface area (Å²) in [6.45, 7) is 2.04. The molecule has 0 aromatic rings. The summed E-state index contributed by atoms with van der Waals surface area (Å²) in [5.41, 5.74) is -1.93. The van der Waals surface area contributed by atoms with E-state index in [1.807, 2.05) is 6.92 Å². The van der Waals surface area contributed by atoms with Crippen molar-refractivity contribution in [2.24, 2.45) is 22.2 Å². The van der Waals surface area contributed by atoms with Gasteiger partial charge in [-0.2, -0.15) is 0 Å². The summed E-state index contributed by atoms with van der Waals surface area (Å²) >= 11 is 0. The van der Waals surface area contributed by atoms with Gasteiger partial charge in [0.1, 0.15) is 0 Å². The Labute approximate surface area is 106 Å². The lowest BCUT2D eigenvalue weighted by molar-refractivity contribution is -0.346. The molecule has 18 heavy (non-hydrogen) atoms. The van der Waals surface area contributed by atoms with Crippen molar-refractivity contribution in [2.75, 3.05) is 0 Å². The summed E-state index contributed by atoms with van der Waals surface area (Å²) in [4.78, 5) is 23.1. The third kappa shape index (κ3) is 1.32. The summed E-state index contributed by atoms with van der Waals surface area (Å²) in [7, 11) is 0. The van der Waals surface area contributed by atoms with Gasteiger partial charge in [-0.3, -0.25) is 0 Å². The summed E-state index contributed by atoms with van der Waals surface area (Å²) in [5, 5.41) is 23.1. The number of aliphatic carboxylic acids is 2. The highest BCUT2D eigenvalue weighted by atomic mass is 16.4. The molecule has 0 aromatic heterocycles. The molecule has 4 bridgehead atoms. The molecule has 4 saturated carbocycles. The molecule has 0 radical (unpaired) electrons. The van der Waals surface area contributed by atoms with Gasteiger partial charge in [0.25, 0.3) is 0 Å². The Morgan fingerprint density at radius 1 is 1.00 bits per heavy atom. The Morgan fingerprint density at radius 2 is 1.50 bits per heavy atom. The second-order valence-electron chi connectivity index (χ2n) is 7.00. The first-order chi connectivity index (χ1) is 8.35. The molecular formula is C14H18O4-2. The number of carboxylic acid groups (broad SMARTS) is 2. The van der Waals surface area contributed by atoms with E-state index in [2.05, 4.69) is 0 Å². The van der Waals surface area contributed by atoms with Crippen LogP contribution in [0.3, 0.4) is 0 Å². The lowest BCUT2D eigenvalue weighted by Crippen LogP contribution is -2.65. The van der Waals surface area contributed by atoms with Gasteiger partial charge in [-0.05, 0) is 49.9 Å². The molecule has 4 aliphatic carbocycles. The molecular weight excluding hydrogens is 232 g/mol. The first kappa shape index (κ1) is 12.0. The Bertz CT molecular complexity index is 398. The minimum atomic E-state index is -1.05. The SMILES string of the molecule is CCC12CC3C[C@](C(=O)[O-])(C1)C[C@@](C(=O)[O-])(C3)C2. The van der Waals surface area contributed by atoms with Gasteiger partial charge >= 0.3 is 0 Å². The Morgan fingerprint density at radius 3 is 1.89 bits per heavy atom. The van der Waals surface area contributed by atoms with Gasteiger partial charge in [0, 0.05) is 22.8 Å². The maximum atomic E-state index is 11.6. The van der Waals surface area contributed by atoms with E-state index in [4.69, 9.17) is 0 Å². The predicted molar refractivity (Wildman–Crippen MR) is 58.8 cm³/mol. The molecule has 4 aliphatic rings. The minimum absolute atomic E-state index is 0.112. The molecule has 100 valence electrons. The minimum Gasteiger partial charge on any atom is -0.550 e. The summed E-state index contributed by atoms with van der Waals surface area (Å²) < 4.78 is 0. The summed E-state index contributed by atoms with van der Waals surface area (Å²) in [6, 6.07) is 0. The van der Waals surface area contributed by atoms with Gasteiger partial charge in [-0.1, -0.05) is 13.3 Å². The number of carbonyl (C=O) groups excluding carboxylic acids is 2. The highest BCUT2D eigenvalue weighted by molar-refractivity contribution is 5.79. The average Bonchev–Trinajstić information content (AvgIpc) is 2.27. The van der Waals surface area contributed by atoms with Crippen LogP contribution >= 0.6 is 0 Å². The number of rotatable bonds is 3. The maximum absolute atomic E-state index is 11.6. The van der Waals surface area contributed by atoms with Gasteiger partial charge < -0.3 is 19.8 Å². The topological polar surface area (TPSA) is 80.3 Å². The number of carboxylic acids is 2. The maximum Gasteiger partial charge on any atom is 0.0476 e. The Hall–Kier alpha value is -1.06. The number of hydrogen-bond acceptors (Lipinski definition) is 4. The predicted octanol–water partition coefficient (Wildman–Crippen LogP) is -0.147. The molecule has 0 aromatic carbocycles. The van der Waals surface area contributed by atoms with Gasteiger partial charge in [0.2, 0.25) is 0 Å². The monoisotopic (exact) mass is 250 g/mol. The van der Waals surface area contributed by atoms with Crippen molar-refractivity contribution in [3.8, 4) is 0 Å². The van der Waals surface area contributed by atoms with E-state index in [0.29, 0.717) is 25.7 Å². The highest BCUT2D eigenvalue weighted by Gasteiger charge is 2.63. The molecule has 4 fully saturated rings. The molecule has 0 heterocycles. The molecule has 0 spiro atoms. The van der Waals surface area contributed by atoms with Crippen molar-refractivity contribution < 1.29 is 19.8 Å². The van der Waals surface area contributed by atoms with Crippen LogP contribution in [0.4, 0.5) is 0 Å². The van der Waals surface area contributed by atoms with Crippen molar-refractivity contribution in [3.63, 3.8) is 0 Å². The molecule has 4 heteroatoms. The number of carbonyl (C=O) groups is 2. The molecule has 2 unspecified atom stereocenters. The second-order valence-corrected chi connectivity index (χ2v) is 7.00. The highest BCUT2D eigenvalue weighted by Crippen LogP contribution is 2.70. The van der Waals surface area contributed by atoms with E-state index in [0.717, 1.165) is 12.8 Å². The van der Waals surface area contributed by atoms with Gasteiger partial charge in [0.15, 0.2) is 0 Å². The summed E-state index contributed by atoms with van der Waals surface area (Å²) in [5.74, 6) is -1.87. The largest absolute Gasteiger partial charge is 0.550 e. The molecule has 4 rings (SSSR count). The summed E-state index contributed by atoms with van der Waals surface area (Å²) in [6.07, 6.45) is 4.47. The van der Waals surface area contributed by atoms with Crippen LogP contribution in [0.1, 0.15) is 51.9 Å². The Balaban J connectivity index is 2.09. The van der Waals surface area contributed by atoms with Crippen LogP contribution in [0, 0.1) is 22.2 Å². The van der Waals surface area contributed by atoms with E-state index >= 15 is 0 Å². The fraction of sp³-hybridized carbons (Fsp3) is 0.857. The van der Waals surface area contributed by atoms with Gasteiger partial charge in [-0.25, -0.2) is 0 Å². The number of hydrogen-bond donors (Lipinski definition) is 0. The third-order valence-electron chi connectivity index (χ3n) is 5.80. The van der Waals surface area contributed by atoms with Crippen molar-refractivity contribution in [3.05, 3.63) is 0 Å². The standard InChI is InChI=1S/C14H20O4/c1-2-12-3-9-4-13(6-12,10(15)16)8-14(5-9,7-12)11(17)18/h9H,2-8H2,1H3,(H,15,16)(H,17,18)/p-2/t9?,12?,13-,14+. The third-order valence-corrected chi connectivity index (χ3v) is 5.80. The molecule has 0 saturated heterocycles. The fourth-order valence-corrected chi connectivity index (χ4v) is 5.49. The molecule has 0 amide bonds. The molecule has 4 atom stereocenters. The van der Waals surface area contributed by atoms with Crippen LogP contribution in [0.5, 0.6) is 0 Å². The van der Waals surface area contributed by atoms with E-state index in [-0.39, 0.29) is 17.8 Å². The van der Waals surface area contributed by atoms with Gasteiger partial charge in [-0.15, -0.1) is 0 Å². The fourth-order valence-electron chi connectivity index (χ4n) is 5.49. The van der Waals surface area contributed by atoms with Crippen molar-refractivity contribution in [1.82, 2.24) is 0 Å². The normalized spacial score (nSPS) is 49.3. The van der Waals surface area contributed by atoms with Crippen LogP contribution in [0.15, 0.2) is 0 Å². The van der Waals surface area contributed by atoms with Crippen LogP contribution in [0.2, 0.25) is 0 Å². The molecule has 4 nitrogen and oxygen atoms in total. The van der Waals surface area contributed by atoms with Crippen molar-refractivity contribution in [1.29, 1.82) is 0 Å².